The standard InChI is InChI=1S/C13H22N2O2S2/c1-5-7-14-13(3,11(16)17-4)6-8-18-12-15-10(2)9-19-12/h9,14H,5-8H2,1-4H3. The predicted molar refractivity (Wildman–Crippen MR) is 80.9 cm³/mol. The number of thiazole rings is 1. The van der Waals surface area contributed by atoms with Crippen molar-refractivity contribution in [2.24, 2.45) is 0 Å². The Morgan fingerprint density at radius 2 is 2.37 bits per heavy atom. The molecule has 1 aromatic heterocycles. The Balaban J connectivity index is 2.50. The molecule has 0 aliphatic heterocycles. The van der Waals surface area contributed by atoms with Crippen LogP contribution in [0.4, 0.5) is 0 Å². The van der Waals surface area contributed by atoms with Gasteiger partial charge in [0.2, 0.25) is 0 Å². The maximum absolute atomic E-state index is 11.9. The smallest absolute Gasteiger partial charge is 0.325 e. The number of methoxy groups -OCH3 is 1. The molecule has 1 aromatic rings. The van der Waals surface area contributed by atoms with E-state index in [0.29, 0.717) is 0 Å². The van der Waals surface area contributed by atoms with Crippen LogP contribution in [0.1, 0.15) is 32.4 Å². The van der Waals surface area contributed by atoms with Gasteiger partial charge in [0.25, 0.3) is 0 Å². The highest BCUT2D eigenvalue weighted by atomic mass is 32.2. The monoisotopic (exact) mass is 302 g/mol. The number of aromatic nitrogens is 1. The van der Waals surface area contributed by atoms with Crippen molar-refractivity contribution in [3.63, 3.8) is 0 Å². The molecule has 0 amide bonds. The first-order chi connectivity index (χ1) is 9.01. The fraction of sp³-hybridized carbons (Fsp3) is 0.692. The number of nitrogens with zero attached hydrogens (tertiary/aromatic N) is 1. The summed E-state index contributed by atoms with van der Waals surface area (Å²) in [6.07, 6.45) is 1.72. The molecule has 1 N–H and O–H groups in total. The van der Waals surface area contributed by atoms with Crippen molar-refractivity contribution < 1.29 is 9.53 Å². The highest BCUT2D eigenvalue weighted by Gasteiger charge is 2.33. The summed E-state index contributed by atoms with van der Waals surface area (Å²) in [5.41, 5.74) is 0.441. The minimum absolute atomic E-state index is 0.197. The van der Waals surface area contributed by atoms with Gasteiger partial charge in [0.05, 0.1) is 7.11 Å². The number of hydrogen-bond acceptors (Lipinski definition) is 6. The van der Waals surface area contributed by atoms with Gasteiger partial charge in [0.15, 0.2) is 0 Å². The van der Waals surface area contributed by atoms with Crippen molar-refractivity contribution in [3.8, 4) is 0 Å². The molecule has 6 heteroatoms. The highest BCUT2D eigenvalue weighted by Crippen LogP contribution is 2.25. The van der Waals surface area contributed by atoms with Gasteiger partial charge in [-0.15, -0.1) is 11.3 Å². The van der Waals surface area contributed by atoms with E-state index in [1.807, 2.05) is 19.2 Å². The Bertz CT molecular complexity index is 409. The number of nitrogens with one attached hydrogen (secondary N) is 1. The minimum Gasteiger partial charge on any atom is -0.468 e. The lowest BCUT2D eigenvalue weighted by Gasteiger charge is -2.27. The zero-order valence-electron chi connectivity index (χ0n) is 12.0. The van der Waals surface area contributed by atoms with E-state index in [2.05, 4.69) is 17.2 Å². The molecule has 1 unspecified atom stereocenters. The molecule has 1 heterocycles. The lowest BCUT2D eigenvalue weighted by molar-refractivity contribution is -0.148. The molecule has 0 radical (unpaired) electrons. The zero-order valence-corrected chi connectivity index (χ0v) is 13.6. The fourth-order valence-electron chi connectivity index (χ4n) is 1.63. The maximum Gasteiger partial charge on any atom is 0.325 e. The lowest BCUT2D eigenvalue weighted by Crippen LogP contribution is -2.50. The third kappa shape index (κ3) is 5.12. The summed E-state index contributed by atoms with van der Waals surface area (Å²) in [6, 6.07) is 0. The van der Waals surface area contributed by atoms with Gasteiger partial charge in [0, 0.05) is 16.8 Å². The van der Waals surface area contributed by atoms with Crippen molar-refractivity contribution in [2.45, 2.75) is 43.5 Å². The summed E-state index contributed by atoms with van der Waals surface area (Å²) in [7, 11) is 1.44. The van der Waals surface area contributed by atoms with Gasteiger partial charge in [0.1, 0.15) is 9.88 Å². The van der Waals surface area contributed by atoms with E-state index in [1.165, 1.54) is 7.11 Å². The van der Waals surface area contributed by atoms with E-state index >= 15 is 0 Å². The van der Waals surface area contributed by atoms with E-state index < -0.39 is 5.54 Å². The molecule has 0 aliphatic carbocycles. The van der Waals surface area contributed by atoms with Crippen LogP contribution in [0.25, 0.3) is 0 Å². The fourth-order valence-corrected chi connectivity index (χ4v) is 3.71. The number of aryl methyl sites for hydroxylation is 1. The SMILES string of the molecule is CCCNC(C)(CCSc1nc(C)cs1)C(=O)OC. The number of thioether (sulfide) groups is 1. The van der Waals surface area contributed by atoms with Crippen LogP contribution in [0.2, 0.25) is 0 Å². The number of ether oxygens (including phenoxy) is 1. The van der Waals surface area contributed by atoms with Crippen LogP contribution in [0.15, 0.2) is 9.72 Å². The molecule has 0 spiro atoms. The number of carbonyl (C=O) groups excluding carboxylic acids is 1. The highest BCUT2D eigenvalue weighted by molar-refractivity contribution is 8.01. The summed E-state index contributed by atoms with van der Waals surface area (Å²) < 4.78 is 5.95. The van der Waals surface area contributed by atoms with Crippen molar-refractivity contribution in [1.82, 2.24) is 10.3 Å². The van der Waals surface area contributed by atoms with E-state index in [1.54, 1.807) is 23.1 Å². The first-order valence-corrected chi connectivity index (χ1v) is 8.26. The van der Waals surface area contributed by atoms with Crippen molar-refractivity contribution in [2.75, 3.05) is 19.4 Å². The second-order valence-corrected chi connectivity index (χ2v) is 6.80. The molecule has 0 aliphatic rings. The molecule has 19 heavy (non-hydrogen) atoms. The second kappa shape index (κ2) is 7.87. The van der Waals surface area contributed by atoms with E-state index in [-0.39, 0.29) is 5.97 Å². The van der Waals surface area contributed by atoms with Crippen LogP contribution in [0.3, 0.4) is 0 Å². The molecule has 0 saturated heterocycles. The first-order valence-electron chi connectivity index (χ1n) is 6.40. The number of carbonyl (C=O) groups is 1. The van der Waals surface area contributed by atoms with Gasteiger partial charge in [-0.1, -0.05) is 18.7 Å². The average Bonchev–Trinajstić information content (AvgIpc) is 2.81. The minimum atomic E-state index is -0.607. The molecular weight excluding hydrogens is 280 g/mol. The molecule has 108 valence electrons. The average molecular weight is 302 g/mol. The van der Waals surface area contributed by atoms with E-state index in [4.69, 9.17) is 4.74 Å². The maximum atomic E-state index is 11.9. The normalized spacial score (nSPS) is 14.1. The van der Waals surface area contributed by atoms with E-state index in [9.17, 15) is 4.79 Å². The number of hydrogen-bond donors (Lipinski definition) is 1. The molecule has 0 bridgehead atoms. The van der Waals surface area contributed by atoms with Gasteiger partial charge in [-0.05, 0) is 33.2 Å². The molecule has 1 atom stereocenters. The van der Waals surface area contributed by atoms with Crippen LogP contribution < -0.4 is 5.32 Å². The predicted octanol–water partition coefficient (Wildman–Crippen LogP) is 2.87. The van der Waals surface area contributed by atoms with Crippen LogP contribution in [0.5, 0.6) is 0 Å². The topological polar surface area (TPSA) is 51.2 Å². The molecule has 0 aromatic carbocycles. The van der Waals surface area contributed by atoms with Gasteiger partial charge in [-0.25, -0.2) is 4.98 Å². The Hall–Kier alpha value is -0.590. The Morgan fingerprint density at radius 3 is 2.89 bits per heavy atom. The molecule has 1 rings (SSSR count). The van der Waals surface area contributed by atoms with Crippen LogP contribution in [-0.2, 0) is 9.53 Å². The third-order valence-corrected chi connectivity index (χ3v) is 4.97. The summed E-state index contributed by atoms with van der Waals surface area (Å²) in [5.74, 6) is 0.645. The van der Waals surface area contributed by atoms with Crippen molar-refractivity contribution in [1.29, 1.82) is 0 Å². The van der Waals surface area contributed by atoms with Crippen LogP contribution >= 0.6 is 23.1 Å². The Kier molecular flexibility index (Phi) is 6.82. The quantitative estimate of drug-likeness (QED) is 0.591. The number of esters is 1. The van der Waals surface area contributed by atoms with Gasteiger partial charge < -0.3 is 10.1 Å². The van der Waals surface area contributed by atoms with Crippen molar-refractivity contribution in [3.05, 3.63) is 11.1 Å². The molecule has 0 fully saturated rings. The van der Waals surface area contributed by atoms with Gasteiger partial charge >= 0.3 is 5.97 Å². The lowest BCUT2D eigenvalue weighted by atomic mass is 9.99. The first kappa shape index (κ1) is 16.5. The summed E-state index contributed by atoms with van der Waals surface area (Å²) in [6.45, 7) is 6.79. The largest absolute Gasteiger partial charge is 0.468 e. The summed E-state index contributed by atoms with van der Waals surface area (Å²) in [5, 5.41) is 5.32. The number of rotatable bonds is 8. The van der Waals surface area contributed by atoms with Crippen LogP contribution in [0, 0.1) is 6.92 Å². The third-order valence-electron chi connectivity index (χ3n) is 2.83. The second-order valence-electron chi connectivity index (χ2n) is 4.60. The Morgan fingerprint density at radius 1 is 1.63 bits per heavy atom. The van der Waals surface area contributed by atoms with Crippen LogP contribution in [-0.4, -0.2) is 35.9 Å². The molecule has 0 saturated carbocycles. The summed E-state index contributed by atoms with van der Waals surface area (Å²) in [4.78, 5) is 16.3. The Labute approximate surface area is 123 Å². The van der Waals surface area contributed by atoms with Crippen molar-refractivity contribution >= 4 is 29.1 Å². The molecule has 4 nitrogen and oxygen atoms in total. The van der Waals surface area contributed by atoms with Gasteiger partial charge in [-0.3, -0.25) is 4.79 Å². The zero-order chi connectivity index (χ0) is 14.3. The summed E-state index contributed by atoms with van der Waals surface area (Å²) >= 11 is 3.34. The van der Waals surface area contributed by atoms with Gasteiger partial charge in [-0.2, -0.15) is 0 Å². The molecular formula is C13H22N2O2S2. The van der Waals surface area contributed by atoms with E-state index in [0.717, 1.165) is 35.2 Å².